The Labute approximate surface area is 101 Å². The largest absolute Gasteiger partial charge is 0.480 e. The highest BCUT2D eigenvalue weighted by molar-refractivity contribution is 5.86. The summed E-state index contributed by atoms with van der Waals surface area (Å²) in [5.74, 6) is 1.40. The fraction of sp³-hybridized carbons (Fsp3) is 0.667. The SMILES string of the molecule is C#CCN(CC)C(=O)NC(C)(C(=O)O)C1CC1. The first-order valence-electron chi connectivity index (χ1n) is 5.69. The summed E-state index contributed by atoms with van der Waals surface area (Å²) in [6.45, 7) is 3.99. The number of hydrogen-bond acceptors (Lipinski definition) is 2. The van der Waals surface area contributed by atoms with Gasteiger partial charge < -0.3 is 15.3 Å². The Hall–Kier alpha value is -1.70. The Bertz CT molecular complexity index is 357. The topological polar surface area (TPSA) is 69.6 Å². The summed E-state index contributed by atoms with van der Waals surface area (Å²) in [7, 11) is 0. The van der Waals surface area contributed by atoms with Crippen molar-refractivity contribution in [1.29, 1.82) is 0 Å². The maximum atomic E-state index is 11.9. The van der Waals surface area contributed by atoms with Crippen molar-refractivity contribution in [1.82, 2.24) is 10.2 Å². The molecule has 1 aliphatic carbocycles. The molecule has 0 aromatic heterocycles. The summed E-state index contributed by atoms with van der Waals surface area (Å²) in [4.78, 5) is 24.5. The third-order valence-electron chi connectivity index (χ3n) is 3.16. The zero-order valence-electron chi connectivity index (χ0n) is 10.2. The standard InChI is InChI=1S/C12H18N2O3/c1-4-8-14(5-2)11(17)13-12(3,10(15)16)9-6-7-9/h1,9H,5-8H2,2-3H3,(H,13,17)(H,15,16). The van der Waals surface area contributed by atoms with Crippen LogP contribution in [0.25, 0.3) is 0 Å². The van der Waals surface area contributed by atoms with Gasteiger partial charge >= 0.3 is 12.0 Å². The number of carbonyl (C=O) groups is 2. The third kappa shape index (κ3) is 2.90. The van der Waals surface area contributed by atoms with Crippen LogP contribution in [-0.2, 0) is 4.79 Å². The van der Waals surface area contributed by atoms with Gasteiger partial charge in [0, 0.05) is 6.54 Å². The summed E-state index contributed by atoms with van der Waals surface area (Å²) in [6.07, 6.45) is 6.83. The van der Waals surface area contributed by atoms with E-state index in [9.17, 15) is 14.7 Å². The minimum Gasteiger partial charge on any atom is -0.480 e. The van der Waals surface area contributed by atoms with Crippen LogP contribution in [0.15, 0.2) is 0 Å². The van der Waals surface area contributed by atoms with Crippen molar-refractivity contribution in [2.45, 2.75) is 32.2 Å². The molecule has 0 aromatic carbocycles. The van der Waals surface area contributed by atoms with E-state index in [1.807, 2.05) is 0 Å². The molecule has 1 saturated carbocycles. The second kappa shape index (κ2) is 5.09. The molecule has 5 nitrogen and oxygen atoms in total. The van der Waals surface area contributed by atoms with Crippen molar-refractivity contribution in [3.05, 3.63) is 0 Å². The average molecular weight is 238 g/mol. The van der Waals surface area contributed by atoms with E-state index in [2.05, 4.69) is 11.2 Å². The van der Waals surface area contributed by atoms with Crippen molar-refractivity contribution >= 4 is 12.0 Å². The molecule has 1 aliphatic rings. The van der Waals surface area contributed by atoms with Crippen LogP contribution in [0.3, 0.4) is 0 Å². The molecule has 0 heterocycles. The predicted molar refractivity (Wildman–Crippen MR) is 63.4 cm³/mol. The smallest absolute Gasteiger partial charge is 0.329 e. The zero-order valence-corrected chi connectivity index (χ0v) is 10.2. The van der Waals surface area contributed by atoms with E-state index < -0.39 is 17.5 Å². The van der Waals surface area contributed by atoms with Gasteiger partial charge in [-0.15, -0.1) is 6.42 Å². The lowest BCUT2D eigenvalue weighted by molar-refractivity contribution is -0.144. The van der Waals surface area contributed by atoms with Gasteiger partial charge in [0.25, 0.3) is 0 Å². The third-order valence-corrected chi connectivity index (χ3v) is 3.16. The highest BCUT2D eigenvalue weighted by atomic mass is 16.4. The fourth-order valence-corrected chi connectivity index (χ4v) is 1.73. The van der Waals surface area contributed by atoms with Crippen LogP contribution >= 0.6 is 0 Å². The van der Waals surface area contributed by atoms with Gasteiger partial charge in [0.2, 0.25) is 0 Å². The first-order chi connectivity index (χ1) is 7.95. The number of amides is 2. The number of carboxylic acids is 1. The summed E-state index contributed by atoms with van der Waals surface area (Å²) in [6, 6.07) is -0.415. The second-order valence-electron chi connectivity index (χ2n) is 4.43. The molecule has 0 aromatic rings. The lowest BCUT2D eigenvalue weighted by atomic mass is 9.96. The highest BCUT2D eigenvalue weighted by Crippen LogP contribution is 2.39. The Morgan fingerprint density at radius 3 is 2.53 bits per heavy atom. The summed E-state index contributed by atoms with van der Waals surface area (Å²) >= 11 is 0. The second-order valence-corrected chi connectivity index (χ2v) is 4.43. The van der Waals surface area contributed by atoms with Crippen molar-refractivity contribution in [2.75, 3.05) is 13.1 Å². The maximum Gasteiger partial charge on any atom is 0.329 e. The number of urea groups is 1. The van der Waals surface area contributed by atoms with Crippen molar-refractivity contribution < 1.29 is 14.7 Å². The quantitative estimate of drug-likeness (QED) is 0.699. The molecule has 17 heavy (non-hydrogen) atoms. The van der Waals surface area contributed by atoms with Crippen LogP contribution in [0.1, 0.15) is 26.7 Å². The van der Waals surface area contributed by atoms with E-state index >= 15 is 0 Å². The summed E-state index contributed by atoms with van der Waals surface area (Å²) in [5, 5.41) is 11.8. The van der Waals surface area contributed by atoms with Crippen molar-refractivity contribution in [2.24, 2.45) is 5.92 Å². The van der Waals surface area contributed by atoms with E-state index in [1.54, 1.807) is 13.8 Å². The molecule has 1 rings (SSSR count). The number of nitrogens with one attached hydrogen (secondary N) is 1. The molecule has 1 atom stereocenters. The van der Waals surface area contributed by atoms with Crippen LogP contribution in [0.5, 0.6) is 0 Å². The molecule has 1 unspecified atom stereocenters. The summed E-state index contributed by atoms with van der Waals surface area (Å²) < 4.78 is 0. The number of hydrogen-bond donors (Lipinski definition) is 2. The van der Waals surface area contributed by atoms with Crippen LogP contribution in [0, 0.1) is 18.3 Å². The van der Waals surface area contributed by atoms with Gasteiger partial charge in [-0.1, -0.05) is 5.92 Å². The molecule has 5 heteroatoms. The number of rotatable bonds is 5. The molecule has 2 N–H and O–H groups in total. The van der Waals surface area contributed by atoms with Crippen molar-refractivity contribution in [3.8, 4) is 12.3 Å². The number of aliphatic carboxylic acids is 1. The van der Waals surface area contributed by atoms with Gasteiger partial charge in [0.05, 0.1) is 6.54 Å². The molecule has 0 saturated heterocycles. The number of carbonyl (C=O) groups excluding carboxylic acids is 1. The zero-order chi connectivity index (χ0) is 13.1. The first kappa shape index (κ1) is 13.4. The normalized spacial score (nSPS) is 17.7. The number of nitrogens with zero attached hydrogens (tertiary/aromatic N) is 1. The Morgan fingerprint density at radius 1 is 1.59 bits per heavy atom. The van der Waals surface area contributed by atoms with Gasteiger partial charge in [-0.2, -0.15) is 0 Å². The van der Waals surface area contributed by atoms with Gasteiger partial charge in [-0.05, 0) is 32.6 Å². The Balaban J connectivity index is 2.71. The predicted octanol–water partition coefficient (Wildman–Crippen LogP) is 0.904. The molecular weight excluding hydrogens is 220 g/mol. The molecule has 0 spiro atoms. The molecular formula is C12H18N2O3. The van der Waals surface area contributed by atoms with E-state index in [-0.39, 0.29) is 12.5 Å². The van der Waals surface area contributed by atoms with E-state index in [4.69, 9.17) is 6.42 Å². The Kier molecular flexibility index (Phi) is 4.00. The molecule has 0 bridgehead atoms. The first-order valence-corrected chi connectivity index (χ1v) is 5.69. The maximum absolute atomic E-state index is 11.9. The Morgan fingerprint density at radius 2 is 2.18 bits per heavy atom. The number of carboxylic acid groups (broad SMARTS) is 1. The van der Waals surface area contributed by atoms with E-state index in [0.29, 0.717) is 6.54 Å². The fourth-order valence-electron chi connectivity index (χ4n) is 1.73. The van der Waals surface area contributed by atoms with E-state index in [0.717, 1.165) is 12.8 Å². The van der Waals surface area contributed by atoms with Crippen LogP contribution in [0.2, 0.25) is 0 Å². The van der Waals surface area contributed by atoms with Crippen molar-refractivity contribution in [3.63, 3.8) is 0 Å². The van der Waals surface area contributed by atoms with Gasteiger partial charge in [-0.3, -0.25) is 0 Å². The minimum absolute atomic E-state index is 0.0218. The van der Waals surface area contributed by atoms with Crippen LogP contribution in [-0.4, -0.2) is 40.6 Å². The molecule has 1 fully saturated rings. The molecule has 94 valence electrons. The van der Waals surface area contributed by atoms with Crippen LogP contribution in [0.4, 0.5) is 4.79 Å². The van der Waals surface area contributed by atoms with Gasteiger partial charge in [0.1, 0.15) is 5.54 Å². The summed E-state index contributed by atoms with van der Waals surface area (Å²) in [5.41, 5.74) is -1.18. The van der Waals surface area contributed by atoms with Gasteiger partial charge in [-0.25, -0.2) is 9.59 Å². The monoisotopic (exact) mass is 238 g/mol. The highest BCUT2D eigenvalue weighted by Gasteiger charge is 2.49. The lowest BCUT2D eigenvalue weighted by Crippen LogP contribution is -2.57. The minimum atomic E-state index is -1.18. The molecule has 2 amide bonds. The average Bonchev–Trinajstić information content (AvgIpc) is 3.08. The van der Waals surface area contributed by atoms with Crippen LogP contribution < -0.4 is 5.32 Å². The number of terminal acetylenes is 1. The molecule has 0 aliphatic heterocycles. The van der Waals surface area contributed by atoms with Gasteiger partial charge in [0.15, 0.2) is 0 Å². The van der Waals surface area contributed by atoms with E-state index in [1.165, 1.54) is 4.90 Å². The lowest BCUT2D eigenvalue weighted by Gasteiger charge is -2.29. The molecule has 0 radical (unpaired) electrons.